The van der Waals surface area contributed by atoms with Crippen LogP contribution in [0.2, 0.25) is 5.02 Å². The summed E-state index contributed by atoms with van der Waals surface area (Å²) in [6.07, 6.45) is 5.44. The molecule has 1 nitrogen and oxygen atoms in total. The van der Waals surface area contributed by atoms with Crippen LogP contribution in [0.15, 0.2) is 24.3 Å². The Hall–Kier alpha value is -0.530. The average Bonchev–Trinajstić information content (AvgIpc) is 2.39. The van der Waals surface area contributed by atoms with Gasteiger partial charge < -0.3 is 5.32 Å². The molecule has 2 fully saturated rings. The van der Waals surface area contributed by atoms with E-state index in [2.05, 4.69) is 37.4 Å². The summed E-state index contributed by atoms with van der Waals surface area (Å²) in [5.74, 6) is 2.28. The Morgan fingerprint density at radius 3 is 2.55 bits per heavy atom. The number of benzene rings is 1. The third kappa shape index (κ3) is 2.63. The van der Waals surface area contributed by atoms with Crippen LogP contribution in [0.5, 0.6) is 0 Å². The minimum Gasteiger partial charge on any atom is -0.316 e. The van der Waals surface area contributed by atoms with Crippen LogP contribution in [0, 0.1) is 17.3 Å². The van der Waals surface area contributed by atoms with Gasteiger partial charge in [0.05, 0.1) is 0 Å². The van der Waals surface area contributed by atoms with Gasteiger partial charge in [-0.25, -0.2) is 0 Å². The van der Waals surface area contributed by atoms with Crippen LogP contribution in [0.4, 0.5) is 0 Å². The van der Waals surface area contributed by atoms with E-state index in [1.807, 2.05) is 6.07 Å². The lowest BCUT2D eigenvalue weighted by molar-refractivity contribution is 0.0472. The first-order valence-corrected chi connectivity index (χ1v) is 8.44. The van der Waals surface area contributed by atoms with Gasteiger partial charge in [0, 0.05) is 17.5 Å². The van der Waals surface area contributed by atoms with Gasteiger partial charge in [-0.2, -0.15) is 0 Å². The van der Waals surface area contributed by atoms with Gasteiger partial charge in [-0.05, 0) is 61.1 Å². The van der Waals surface area contributed by atoms with Gasteiger partial charge in [0.25, 0.3) is 0 Å². The first-order chi connectivity index (χ1) is 9.61. The molecule has 110 valence electrons. The highest BCUT2D eigenvalue weighted by Gasteiger charge is 2.45. The van der Waals surface area contributed by atoms with Crippen molar-refractivity contribution in [3.05, 3.63) is 34.9 Å². The zero-order valence-corrected chi connectivity index (χ0v) is 13.4. The zero-order valence-electron chi connectivity index (χ0n) is 12.7. The molecule has 1 heterocycles. The van der Waals surface area contributed by atoms with Crippen LogP contribution in [-0.4, -0.2) is 13.1 Å². The van der Waals surface area contributed by atoms with Gasteiger partial charge in [0.1, 0.15) is 0 Å². The minimum atomic E-state index is 0.466. The van der Waals surface area contributed by atoms with Crippen molar-refractivity contribution in [3.8, 4) is 0 Å². The van der Waals surface area contributed by atoms with Crippen molar-refractivity contribution in [2.45, 2.75) is 45.4 Å². The molecule has 1 aliphatic heterocycles. The number of hydrogen-bond acceptors (Lipinski definition) is 1. The molecule has 3 atom stereocenters. The number of rotatable bonds is 1. The van der Waals surface area contributed by atoms with Gasteiger partial charge in [-0.3, -0.25) is 0 Å². The van der Waals surface area contributed by atoms with Crippen molar-refractivity contribution in [1.82, 2.24) is 5.32 Å². The van der Waals surface area contributed by atoms with Crippen LogP contribution in [-0.2, 0) is 0 Å². The lowest BCUT2D eigenvalue weighted by Gasteiger charge is -2.51. The summed E-state index contributed by atoms with van der Waals surface area (Å²) in [7, 11) is 0. The third-order valence-electron chi connectivity index (χ3n) is 5.48. The van der Waals surface area contributed by atoms with E-state index in [1.165, 1.54) is 37.8 Å². The maximum atomic E-state index is 6.51. The van der Waals surface area contributed by atoms with E-state index in [1.54, 1.807) is 0 Å². The van der Waals surface area contributed by atoms with Crippen molar-refractivity contribution in [2.75, 3.05) is 13.1 Å². The molecule has 1 spiro atoms. The molecule has 1 aromatic rings. The molecule has 0 amide bonds. The molecule has 1 N–H and O–H groups in total. The van der Waals surface area contributed by atoms with Crippen molar-refractivity contribution in [3.63, 3.8) is 0 Å². The first-order valence-electron chi connectivity index (χ1n) is 8.06. The molecule has 1 aromatic carbocycles. The van der Waals surface area contributed by atoms with Crippen LogP contribution in [0.25, 0.3) is 0 Å². The smallest absolute Gasteiger partial charge is 0.0441 e. The Morgan fingerprint density at radius 2 is 1.85 bits per heavy atom. The third-order valence-corrected chi connectivity index (χ3v) is 5.83. The van der Waals surface area contributed by atoms with Gasteiger partial charge in [-0.1, -0.05) is 43.6 Å². The van der Waals surface area contributed by atoms with E-state index in [9.17, 15) is 0 Å². The fraction of sp³-hybridized carbons (Fsp3) is 0.667. The number of nitrogens with one attached hydrogen (secondary N) is 1. The Bertz CT molecular complexity index is 460. The number of piperidine rings is 1. The second-order valence-corrected chi connectivity index (χ2v) is 7.65. The Labute approximate surface area is 128 Å². The first kappa shape index (κ1) is 14.4. The maximum Gasteiger partial charge on any atom is 0.0441 e. The van der Waals surface area contributed by atoms with E-state index < -0.39 is 0 Å². The van der Waals surface area contributed by atoms with Crippen molar-refractivity contribution >= 4 is 11.6 Å². The Morgan fingerprint density at radius 1 is 1.15 bits per heavy atom. The molecule has 20 heavy (non-hydrogen) atoms. The molecule has 1 saturated heterocycles. The fourth-order valence-electron chi connectivity index (χ4n) is 4.99. The Kier molecular flexibility index (Phi) is 4.10. The van der Waals surface area contributed by atoms with E-state index in [0.717, 1.165) is 23.4 Å². The van der Waals surface area contributed by atoms with Gasteiger partial charge >= 0.3 is 0 Å². The van der Waals surface area contributed by atoms with Crippen LogP contribution in [0.3, 0.4) is 0 Å². The summed E-state index contributed by atoms with van der Waals surface area (Å²) in [4.78, 5) is 0. The van der Waals surface area contributed by atoms with Crippen LogP contribution in [0.1, 0.15) is 51.0 Å². The highest BCUT2D eigenvalue weighted by atomic mass is 35.5. The predicted molar refractivity (Wildman–Crippen MR) is 86.3 cm³/mol. The van der Waals surface area contributed by atoms with Crippen LogP contribution >= 0.6 is 11.6 Å². The topological polar surface area (TPSA) is 12.0 Å². The predicted octanol–water partition coefficient (Wildman–Crippen LogP) is 4.86. The maximum absolute atomic E-state index is 6.51. The molecule has 2 heteroatoms. The molecule has 3 unspecified atom stereocenters. The van der Waals surface area contributed by atoms with Gasteiger partial charge in [0.2, 0.25) is 0 Å². The molecule has 3 rings (SSSR count). The lowest BCUT2D eigenvalue weighted by atomic mass is 9.56. The van der Waals surface area contributed by atoms with E-state index >= 15 is 0 Å². The summed E-state index contributed by atoms with van der Waals surface area (Å²) < 4.78 is 0. The summed E-state index contributed by atoms with van der Waals surface area (Å²) in [5, 5.41) is 4.55. The van der Waals surface area contributed by atoms with E-state index in [0.29, 0.717) is 11.3 Å². The summed E-state index contributed by atoms with van der Waals surface area (Å²) >= 11 is 6.51. The minimum absolute atomic E-state index is 0.466. The summed E-state index contributed by atoms with van der Waals surface area (Å²) in [6, 6.07) is 8.47. The second-order valence-electron chi connectivity index (χ2n) is 7.24. The quantitative estimate of drug-likeness (QED) is 0.779. The fourth-order valence-corrected chi connectivity index (χ4v) is 5.25. The zero-order chi connectivity index (χ0) is 14.2. The highest BCUT2D eigenvalue weighted by Crippen LogP contribution is 2.54. The van der Waals surface area contributed by atoms with E-state index in [4.69, 9.17) is 11.6 Å². The number of hydrogen-bond donors (Lipinski definition) is 1. The lowest BCUT2D eigenvalue weighted by Crippen LogP contribution is -2.47. The molecule has 1 aliphatic carbocycles. The summed E-state index contributed by atoms with van der Waals surface area (Å²) in [6.45, 7) is 7.12. The largest absolute Gasteiger partial charge is 0.316 e. The molecule has 0 radical (unpaired) electrons. The normalized spacial score (nSPS) is 38.0. The van der Waals surface area contributed by atoms with Crippen molar-refractivity contribution < 1.29 is 0 Å². The molecule has 2 aliphatic rings. The highest BCUT2D eigenvalue weighted by molar-refractivity contribution is 6.31. The SMILES string of the molecule is CC1CC(C)CC2(CCNCC2c2ccccc2Cl)C1. The van der Waals surface area contributed by atoms with Gasteiger partial charge in [-0.15, -0.1) is 0 Å². The average molecular weight is 292 g/mol. The standard InChI is InChI=1S/C18H26ClN/c1-13-9-14(2)11-18(10-13)7-8-20-12-16(18)15-5-3-4-6-17(15)19/h3-6,13-14,16,20H,7-12H2,1-2H3. The summed E-state index contributed by atoms with van der Waals surface area (Å²) in [5.41, 5.74) is 1.83. The van der Waals surface area contributed by atoms with Crippen molar-refractivity contribution in [2.24, 2.45) is 17.3 Å². The number of halogens is 1. The Balaban J connectivity index is 1.97. The second kappa shape index (κ2) is 5.69. The van der Waals surface area contributed by atoms with Gasteiger partial charge in [0.15, 0.2) is 0 Å². The van der Waals surface area contributed by atoms with Crippen molar-refractivity contribution in [1.29, 1.82) is 0 Å². The van der Waals surface area contributed by atoms with E-state index in [-0.39, 0.29) is 0 Å². The molecule has 0 aromatic heterocycles. The molecule has 1 saturated carbocycles. The molecular weight excluding hydrogens is 266 g/mol. The monoisotopic (exact) mass is 291 g/mol. The molecular formula is C18H26ClN. The molecule has 0 bridgehead atoms. The van der Waals surface area contributed by atoms with Crippen LogP contribution < -0.4 is 5.32 Å².